The highest BCUT2D eigenvalue weighted by Gasteiger charge is 2.25. The number of thioether (sulfide) groups is 1. The maximum absolute atomic E-state index is 13.0. The Morgan fingerprint density at radius 3 is 2.90 bits per heavy atom. The standard InChI is InChI=1S/C8H13FS/c1-6-3-4-8(10-2)7(9)5-6/h7-8H,1,3-5H2,2H3. The van der Waals surface area contributed by atoms with Gasteiger partial charge in [0.25, 0.3) is 0 Å². The van der Waals surface area contributed by atoms with Crippen LogP contribution in [0.3, 0.4) is 0 Å². The lowest BCUT2D eigenvalue weighted by Crippen LogP contribution is -2.23. The van der Waals surface area contributed by atoms with Crippen LogP contribution in [0, 0.1) is 0 Å². The summed E-state index contributed by atoms with van der Waals surface area (Å²) in [5.41, 5.74) is 1.08. The van der Waals surface area contributed by atoms with Crippen molar-refractivity contribution in [1.82, 2.24) is 0 Å². The number of rotatable bonds is 1. The molecule has 0 aromatic rings. The highest BCUT2D eigenvalue weighted by molar-refractivity contribution is 7.99. The van der Waals surface area contributed by atoms with Crippen LogP contribution in [0.5, 0.6) is 0 Å². The van der Waals surface area contributed by atoms with Gasteiger partial charge < -0.3 is 0 Å². The minimum absolute atomic E-state index is 0.227. The van der Waals surface area contributed by atoms with E-state index in [0.717, 1.165) is 18.4 Å². The van der Waals surface area contributed by atoms with Gasteiger partial charge in [0.05, 0.1) is 0 Å². The lowest BCUT2D eigenvalue weighted by atomic mass is 9.94. The molecule has 1 fully saturated rings. The highest BCUT2D eigenvalue weighted by Crippen LogP contribution is 2.31. The van der Waals surface area contributed by atoms with Gasteiger partial charge in [0.2, 0.25) is 0 Å². The fourth-order valence-electron chi connectivity index (χ4n) is 1.30. The van der Waals surface area contributed by atoms with Gasteiger partial charge in [-0.25, -0.2) is 4.39 Å². The molecule has 58 valence electrons. The maximum atomic E-state index is 13.0. The first-order valence-corrected chi connectivity index (χ1v) is 4.86. The molecule has 1 rings (SSSR count). The molecule has 0 aromatic carbocycles. The molecule has 2 unspecified atom stereocenters. The van der Waals surface area contributed by atoms with E-state index in [0.29, 0.717) is 6.42 Å². The van der Waals surface area contributed by atoms with Crippen LogP contribution in [0.4, 0.5) is 4.39 Å². The van der Waals surface area contributed by atoms with Crippen molar-refractivity contribution in [3.63, 3.8) is 0 Å². The summed E-state index contributed by atoms with van der Waals surface area (Å²) in [6.07, 6.45) is 3.92. The van der Waals surface area contributed by atoms with Crippen molar-refractivity contribution in [3.8, 4) is 0 Å². The molecule has 0 saturated heterocycles. The Balaban J connectivity index is 2.43. The van der Waals surface area contributed by atoms with Crippen LogP contribution in [0.15, 0.2) is 12.2 Å². The number of allylic oxidation sites excluding steroid dienone is 1. The molecule has 0 aliphatic heterocycles. The summed E-state index contributed by atoms with van der Waals surface area (Å²) in [6, 6.07) is 0. The average molecular weight is 160 g/mol. The Kier molecular flexibility index (Phi) is 2.78. The van der Waals surface area contributed by atoms with Crippen LogP contribution in [0.2, 0.25) is 0 Å². The molecular formula is C8H13FS. The predicted octanol–water partition coefficient (Wildman–Crippen LogP) is 2.80. The highest BCUT2D eigenvalue weighted by atomic mass is 32.2. The van der Waals surface area contributed by atoms with Gasteiger partial charge in [-0.15, -0.1) is 0 Å². The molecule has 1 saturated carbocycles. The topological polar surface area (TPSA) is 0 Å². The van der Waals surface area contributed by atoms with Crippen LogP contribution < -0.4 is 0 Å². The lowest BCUT2D eigenvalue weighted by molar-refractivity contribution is 0.293. The molecule has 0 nitrogen and oxygen atoms in total. The van der Waals surface area contributed by atoms with Gasteiger partial charge in [-0.2, -0.15) is 11.8 Å². The second kappa shape index (κ2) is 3.42. The minimum Gasteiger partial charge on any atom is -0.246 e. The fourth-order valence-corrected chi connectivity index (χ4v) is 2.05. The van der Waals surface area contributed by atoms with Crippen molar-refractivity contribution in [3.05, 3.63) is 12.2 Å². The van der Waals surface area contributed by atoms with E-state index in [2.05, 4.69) is 6.58 Å². The van der Waals surface area contributed by atoms with E-state index in [4.69, 9.17) is 0 Å². The van der Waals surface area contributed by atoms with Crippen molar-refractivity contribution in [2.24, 2.45) is 0 Å². The van der Waals surface area contributed by atoms with Gasteiger partial charge in [0.15, 0.2) is 0 Å². The van der Waals surface area contributed by atoms with Crippen molar-refractivity contribution >= 4 is 11.8 Å². The van der Waals surface area contributed by atoms with E-state index in [1.54, 1.807) is 11.8 Å². The molecule has 0 heterocycles. The zero-order valence-corrected chi connectivity index (χ0v) is 7.09. The third-order valence-corrected chi connectivity index (χ3v) is 3.11. The van der Waals surface area contributed by atoms with Gasteiger partial charge in [-0.3, -0.25) is 0 Å². The van der Waals surface area contributed by atoms with Crippen molar-refractivity contribution < 1.29 is 4.39 Å². The van der Waals surface area contributed by atoms with Crippen LogP contribution in [-0.2, 0) is 0 Å². The first-order chi connectivity index (χ1) is 4.74. The summed E-state index contributed by atoms with van der Waals surface area (Å²) in [4.78, 5) is 0. The summed E-state index contributed by atoms with van der Waals surface area (Å²) in [6.45, 7) is 3.78. The first-order valence-electron chi connectivity index (χ1n) is 3.57. The zero-order chi connectivity index (χ0) is 7.56. The van der Waals surface area contributed by atoms with E-state index in [-0.39, 0.29) is 5.25 Å². The molecule has 0 spiro atoms. The predicted molar refractivity (Wildman–Crippen MR) is 45.2 cm³/mol. The van der Waals surface area contributed by atoms with E-state index >= 15 is 0 Å². The van der Waals surface area contributed by atoms with Crippen LogP contribution in [0.25, 0.3) is 0 Å². The SMILES string of the molecule is C=C1CCC(SC)C(F)C1. The molecule has 10 heavy (non-hydrogen) atoms. The van der Waals surface area contributed by atoms with E-state index in [1.807, 2.05) is 6.26 Å². The summed E-state index contributed by atoms with van der Waals surface area (Å²) in [5, 5.41) is 0.227. The summed E-state index contributed by atoms with van der Waals surface area (Å²) in [5.74, 6) is 0. The van der Waals surface area contributed by atoms with Gasteiger partial charge in [0, 0.05) is 11.7 Å². The third kappa shape index (κ3) is 1.75. The monoisotopic (exact) mass is 160 g/mol. The van der Waals surface area contributed by atoms with Crippen molar-refractivity contribution in [1.29, 1.82) is 0 Å². The summed E-state index contributed by atoms with van der Waals surface area (Å²) >= 11 is 1.64. The summed E-state index contributed by atoms with van der Waals surface area (Å²) in [7, 11) is 0. The minimum atomic E-state index is -0.642. The molecular weight excluding hydrogens is 147 g/mol. The molecule has 1 aliphatic carbocycles. The normalized spacial score (nSPS) is 34.4. The molecule has 2 atom stereocenters. The van der Waals surface area contributed by atoms with Crippen LogP contribution in [-0.4, -0.2) is 17.7 Å². The van der Waals surface area contributed by atoms with Crippen LogP contribution in [0.1, 0.15) is 19.3 Å². The van der Waals surface area contributed by atoms with Gasteiger partial charge in [0.1, 0.15) is 6.17 Å². The van der Waals surface area contributed by atoms with E-state index < -0.39 is 6.17 Å². The Hall–Kier alpha value is 0.0200. The Labute approximate surface area is 65.9 Å². The molecule has 1 aliphatic rings. The van der Waals surface area contributed by atoms with Crippen molar-refractivity contribution in [2.45, 2.75) is 30.7 Å². The molecule has 0 N–H and O–H groups in total. The van der Waals surface area contributed by atoms with Crippen LogP contribution >= 0.6 is 11.8 Å². The van der Waals surface area contributed by atoms with E-state index in [1.165, 1.54) is 0 Å². The van der Waals surface area contributed by atoms with Gasteiger partial charge >= 0.3 is 0 Å². The Morgan fingerprint density at radius 2 is 2.40 bits per heavy atom. The number of alkyl halides is 1. The number of halogens is 1. The average Bonchev–Trinajstić information content (AvgIpc) is 1.88. The smallest absolute Gasteiger partial charge is 0.116 e. The second-order valence-corrected chi connectivity index (χ2v) is 3.86. The van der Waals surface area contributed by atoms with Gasteiger partial charge in [-0.1, -0.05) is 12.2 Å². The van der Waals surface area contributed by atoms with Gasteiger partial charge in [-0.05, 0) is 19.1 Å². The third-order valence-electron chi connectivity index (χ3n) is 1.97. The maximum Gasteiger partial charge on any atom is 0.116 e. The fraction of sp³-hybridized carbons (Fsp3) is 0.750. The van der Waals surface area contributed by atoms with Crippen molar-refractivity contribution in [2.75, 3.05) is 6.26 Å². The molecule has 0 amide bonds. The number of hydrogen-bond donors (Lipinski definition) is 0. The molecule has 0 radical (unpaired) electrons. The Bertz CT molecular complexity index is 133. The largest absolute Gasteiger partial charge is 0.246 e. The number of hydrogen-bond acceptors (Lipinski definition) is 1. The quantitative estimate of drug-likeness (QED) is 0.531. The zero-order valence-electron chi connectivity index (χ0n) is 6.27. The molecule has 2 heteroatoms. The van der Waals surface area contributed by atoms with E-state index in [9.17, 15) is 4.39 Å². The second-order valence-electron chi connectivity index (χ2n) is 2.78. The Morgan fingerprint density at radius 1 is 1.70 bits per heavy atom. The molecule has 0 bridgehead atoms. The summed E-state index contributed by atoms with van der Waals surface area (Å²) < 4.78 is 13.0. The first kappa shape index (κ1) is 8.12. The lowest BCUT2D eigenvalue weighted by Gasteiger charge is -2.25. The molecule has 0 aromatic heterocycles.